The van der Waals surface area contributed by atoms with Crippen molar-refractivity contribution in [2.45, 2.75) is 25.9 Å². The van der Waals surface area contributed by atoms with Crippen LogP contribution >= 0.6 is 15.9 Å². The Morgan fingerprint density at radius 2 is 2.12 bits per heavy atom. The normalized spacial score (nSPS) is 12.8. The summed E-state index contributed by atoms with van der Waals surface area (Å²) in [5.74, 6) is -1.62. The summed E-state index contributed by atoms with van der Waals surface area (Å²) in [4.78, 5) is 11.1. The van der Waals surface area contributed by atoms with Crippen molar-refractivity contribution in [3.8, 4) is 0 Å². The highest BCUT2D eigenvalue weighted by molar-refractivity contribution is 9.10. The zero-order valence-corrected chi connectivity index (χ0v) is 10.6. The average molecular weight is 290 g/mol. The van der Waals surface area contributed by atoms with Crippen molar-refractivity contribution in [3.05, 3.63) is 34.1 Å². The molecule has 0 radical (unpaired) electrons. The Balaban J connectivity index is 3.10. The van der Waals surface area contributed by atoms with Gasteiger partial charge in [-0.05, 0) is 32.0 Å². The Morgan fingerprint density at radius 1 is 1.50 bits per heavy atom. The SMILES string of the molecule is CC(C)NC(C(=O)O)c1cc(Br)ccc1F. The van der Waals surface area contributed by atoms with Crippen molar-refractivity contribution in [1.29, 1.82) is 0 Å². The molecule has 0 spiro atoms. The molecule has 2 N–H and O–H groups in total. The quantitative estimate of drug-likeness (QED) is 0.896. The number of carboxylic acids is 1. The second kappa shape index (κ2) is 5.41. The Bertz CT molecular complexity index is 396. The molecular formula is C11H13BrFNO2. The molecule has 0 saturated heterocycles. The van der Waals surface area contributed by atoms with E-state index in [-0.39, 0.29) is 11.6 Å². The summed E-state index contributed by atoms with van der Waals surface area (Å²) in [5, 5.41) is 11.8. The van der Waals surface area contributed by atoms with Crippen LogP contribution < -0.4 is 5.32 Å². The fourth-order valence-electron chi connectivity index (χ4n) is 1.36. The van der Waals surface area contributed by atoms with Crippen molar-refractivity contribution >= 4 is 21.9 Å². The third kappa shape index (κ3) is 3.28. The molecule has 0 heterocycles. The molecule has 0 saturated carbocycles. The lowest BCUT2D eigenvalue weighted by molar-refractivity contribution is -0.139. The van der Waals surface area contributed by atoms with Gasteiger partial charge in [0.1, 0.15) is 11.9 Å². The van der Waals surface area contributed by atoms with Crippen molar-refractivity contribution in [2.24, 2.45) is 0 Å². The van der Waals surface area contributed by atoms with E-state index in [9.17, 15) is 9.18 Å². The van der Waals surface area contributed by atoms with Gasteiger partial charge in [-0.25, -0.2) is 4.39 Å². The molecule has 0 bridgehead atoms. The van der Waals surface area contributed by atoms with Gasteiger partial charge >= 0.3 is 5.97 Å². The van der Waals surface area contributed by atoms with Crippen LogP contribution in [0.4, 0.5) is 4.39 Å². The van der Waals surface area contributed by atoms with Crippen LogP contribution in [0.15, 0.2) is 22.7 Å². The predicted octanol–water partition coefficient (Wildman–Crippen LogP) is 2.71. The van der Waals surface area contributed by atoms with Gasteiger partial charge in [-0.1, -0.05) is 15.9 Å². The van der Waals surface area contributed by atoms with Crippen LogP contribution in [0.25, 0.3) is 0 Å². The fourth-order valence-corrected chi connectivity index (χ4v) is 1.74. The molecule has 1 rings (SSSR count). The van der Waals surface area contributed by atoms with Crippen LogP contribution in [0.2, 0.25) is 0 Å². The Hall–Kier alpha value is -0.940. The number of benzene rings is 1. The third-order valence-electron chi connectivity index (χ3n) is 2.02. The predicted molar refractivity (Wildman–Crippen MR) is 62.7 cm³/mol. The van der Waals surface area contributed by atoms with E-state index in [2.05, 4.69) is 21.2 Å². The lowest BCUT2D eigenvalue weighted by Crippen LogP contribution is -2.34. The van der Waals surface area contributed by atoms with Crippen LogP contribution in [0, 0.1) is 5.82 Å². The Labute approximate surface area is 102 Å². The van der Waals surface area contributed by atoms with Crippen LogP contribution in [-0.4, -0.2) is 17.1 Å². The molecule has 0 aromatic heterocycles. The number of hydrogen-bond donors (Lipinski definition) is 2. The minimum atomic E-state index is -1.09. The first kappa shape index (κ1) is 13.1. The number of carboxylic acid groups (broad SMARTS) is 1. The fraction of sp³-hybridized carbons (Fsp3) is 0.364. The van der Waals surface area contributed by atoms with Crippen molar-refractivity contribution in [1.82, 2.24) is 5.32 Å². The standard InChI is InChI=1S/C11H13BrFNO2/c1-6(2)14-10(11(15)16)8-5-7(12)3-4-9(8)13/h3-6,10,14H,1-2H3,(H,15,16). The highest BCUT2D eigenvalue weighted by Gasteiger charge is 2.23. The molecule has 3 nitrogen and oxygen atoms in total. The first-order valence-electron chi connectivity index (χ1n) is 4.85. The summed E-state index contributed by atoms with van der Waals surface area (Å²) in [7, 11) is 0. The maximum atomic E-state index is 13.5. The number of hydrogen-bond acceptors (Lipinski definition) is 2. The number of aliphatic carboxylic acids is 1. The van der Waals surface area contributed by atoms with Crippen LogP contribution in [0.3, 0.4) is 0 Å². The van der Waals surface area contributed by atoms with E-state index in [0.717, 1.165) is 0 Å². The molecule has 1 atom stereocenters. The summed E-state index contributed by atoms with van der Waals surface area (Å²) >= 11 is 3.19. The molecule has 1 unspecified atom stereocenters. The summed E-state index contributed by atoms with van der Waals surface area (Å²) in [6, 6.07) is 3.19. The molecule has 0 amide bonds. The molecule has 1 aromatic rings. The molecule has 5 heteroatoms. The summed E-state index contributed by atoms with van der Waals surface area (Å²) in [6.45, 7) is 3.62. The first-order chi connectivity index (χ1) is 7.41. The molecule has 0 fully saturated rings. The van der Waals surface area contributed by atoms with Crippen LogP contribution in [0.5, 0.6) is 0 Å². The second-order valence-electron chi connectivity index (χ2n) is 3.76. The molecule has 0 aliphatic carbocycles. The maximum absolute atomic E-state index is 13.5. The second-order valence-corrected chi connectivity index (χ2v) is 4.67. The highest BCUT2D eigenvalue weighted by Crippen LogP contribution is 2.22. The van der Waals surface area contributed by atoms with E-state index in [1.807, 2.05) is 13.8 Å². The van der Waals surface area contributed by atoms with Gasteiger partial charge < -0.3 is 5.11 Å². The van der Waals surface area contributed by atoms with E-state index >= 15 is 0 Å². The van der Waals surface area contributed by atoms with Gasteiger partial charge in [-0.2, -0.15) is 0 Å². The summed E-state index contributed by atoms with van der Waals surface area (Å²) < 4.78 is 14.2. The van der Waals surface area contributed by atoms with E-state index < -0.39 is 17.8 Å². The van der Waals surface area contributed by atoms with Gasteiger partial charge in [0.25, 0.3) is 0 Å². The van der Waals surface area contributed by atoms with Gasteiger partial charge in [-0.3, -0.25) is 10.1 Å². The molecule has 16 heavy (non-hydrogen) atoms. The van der Waals surface area contributed by atoms with E-state index in [0.29, 0.717) is 4.47 Å². The van der Waals surface area contributed by atoms with Crippen LogP contribution in [0.1, 0.15) is 25.5 Å². The molecule has 88 valence electrons. The van der Waals surface area contributed by atoms with Gasteiger partial charge in [0, 0.05) is 16.1 Å². The zero-order valence-electron chi connectivity index (χ0n) is 9.00. The summed E-state index contributed by atoms with van der Waals surface area (Å²) in [6.07, 6.45) is 0. The van der Waals surface area contributed by atoms with E-state index in [4.69, 9.17) is 5.11 Å². The highest BCUT2D eigenvalue weighted by atomic mass is 79.9. The van der Waals surface area contributed by atoms with Crippen molar-refractivity contribution in [3.63, 3.8) is 0 Å². The third-order valence-corrected chi connectivity index (χ3v) is 2.51. The first-order valence-corrected chi connectivity index (χ1v) is 5.65. The minimum absolute atomic E-state index is 0.0421. The number of nitrogens with one attached hydrogen (secondary N) is 1. The monoisotopic (exact) mass is 289 g/mol. The van der Waals surface area contributed by atoms with Crippen molar-refractivity contribution < 1.29 is 14.3 Å². The van der Waals surface area contributed by atoms with E-state index in [1.54, 1.807) is 0 Å². The lowest BCUT2D eigenvalue weighted by atomic mass is 10.1. The number of halogens is 2. The van der Waals surface area contributed by atoms with Crippen molar-refractivity contribution in [2.75, 3.05) is 0 Å². The average Bonchev–Trinajstić information content (AvgIpc) is 2.18. The van der Waals surface area contributed by atoms with Crippen LogP contribution in [-0.2, 0) is 4.79 Å². The Kier molecular flexibility index (Phi) is 4.44. The molecule has 1 aromatic carbocycles. The van der Waals surface area contributed by atoms with Gasteiger partial charge in [0.05, 0.1) is 0 Å². The van der Waals surface area contributed by atoms with E-state index in [1.165, 1.54) is 18.2 Å². The lowest BCUT2D eigenvalue weighted by Gasteiger charge is -2.18. The van der Waals surface area contributed by atoms with Gasteiger partial charge in [-0.15, -0.1) is 0 Å². The molecule has 0 aliphatic rings. The topological polar surface area (TPSA) is 49.3 Å². The maximum Gasteiger partial charge on any atom is 0.325 e. The minimum Gasteiger partial charge on any atom is -0.480 e. The van der Waals surface area contributed by atoms with Gasteiger partial charge in [0.15, 0.2) is 0 Å². The smallest absolute Gasteiger partial charge is 0.325 e. The Morgan fingerprint density at radius 3 is 2.62 bits per heavy atom. The van der Waals surface area contributed by atoms with Gasteiger partial charge in [0.2, 0.25) is 0 Å². The zero-order chi connectivity index (χ0) is 12.3. The molecular weight excluding hydrogens is 277 g/mol. The number of rotatable bonds is 4. The number of carbonyl (C=O) groups is 1. The largest absolute Gasteiger partial charge is 0.480 e. The summed E-state index contributed by atoms with van der Waals surface area (Å²) in [5.41, 5.74) is 0.135. The molecule has 0 aliphatic heterocycles.